The SMILES string of the molecule is CCC(N)C(C)CC(C)(C)N. The molecule has 2 nitrogen and oxygen atoms in total. The van der Waals surface area contributed by atoms with Gasteiger partial charge in [-0.25, -0.2) is 0 Å². The van der Waals surface area contributed by atoms with Crippen molar-refractivity contribution in [3.63, 3.8) is 0 Å². The van der Waals surface area contributed by atoms with Gasteiger partial charge in [0.2, 0.25) is 0 Å². The van der Waals surface area contributed by atoms with Gasteiger partial charge in [-0.15, -0.1) is 0 Å². The Labute approximate surface area is 70.3 Å². The van der Waals surface area contributed by atoms with Crippen molar-refractivity contribution in [1.82, 2.24) is 0 Å². The molecule has 0 radical (unpaired) electrons. The summed E-state index contributed by atoms with van der Waals surface area (Å²) in [7, 11) is 0. The highest BCUT2D eigenvalue weighted by molar-refractivity contribution is 4.79. The van der Waals surface area contributed by atoms with Crippen LogP contribution in [0.15, 0.2) is 0 Å². The highest BCUT2D eigenvalue weighted by Gasteiger charge is 2.19. The van der Waals surface area contributed by atoms with E-state index in [0.717, 1.165) is 12.8 Å². The van der Waals surface area contributed by atoms with Crippen LogP contribution in [0.2, 0.25) is 0 Å². The van der Waals surface area contributed by atoms with Gasteiger partial charge in [0, 0.05) is 11.6 Å². The minimum Gasteiger partial charge on any atom is -0.327 e. The molecule has 11 heavy (non-hydrogen) atoms. The molecule has 2 unspecified atom stereocenters. The largest absolute Gasteiger partial charge is 0.327 e. The molecular weight excluding hydrogens is 136 g/mol. The normalized spacial score (nSPS) is 18.0. The van der Waals surface area contributed by atoms with Gasteiger partial charge >= 0.3 is 0 Å². The summed E-state index contributed by atoms with van der Waals surface area (Å²) in [6.45, 7) is 8.38. The quantitative estimate of drug-likeness (QED) is 0.651. The summed E-state index contributed by atoms with van der Waals surface area (Å²) in [5, 5.41) is 0. The lowest BCUT2D eigenvalue weighted by atomic mass is 9.87. The van der Waals surface area contributed by atoms with E-state index in [1.54, 1.807) is 0 Å². The molecule has 0 aliphatic carbocycles. The summed E-state index contributed by atoms with van der Waals surface area (Å²) in [5.41, 5.74) is 11.7. The van der Waals surface area contributed by atoms with E-state index in [1.165, 1.54) is 0 Å². The summed E-state index contributed by atoms with van der Waals surface area (Å²) < 4.78 is 0. The van der Waals surface area contributed by atoms with Crippen LogP contribution in [0.25, 0.3) is 0 Å². The Balaban J connectivity index is 3.77. The average Bonchev–Trinajstić information content (AvgIpc) is 1.82. The van der Waals surface area contributed by atoms with Gasteiger partial charge in [0.25, 0.3) is 0 Å². The van der Waals surface area contributed by atoms with Crippen LogP contribution in [0.3, 0.4) is 0 Å². The second kappa shape index (κ2) is 4.07. The van der Waals surface area contributed by atoms with Crippen molar-refractivity contribution in [2.24, 2.45) is 17.4 Å². The molecule has 0 bridgehead atoms. The van der Waals surface area contributed by atoms with Gasteiger partial charge in [0.15, 0.2) is 0 Å². The maximum Gasteiger partial charge on any atom is 0.0100 e. The van der Waals surface area contributed by atoms with Crippen LogP contribution in [0, 0.1) is 5.92 Å². The zero-order valence-electron chi connectivity index (χ0n) is 8.22. The van der Waals surface area contributed by atoms with Crippen LogP contribution in [0.1, 0.15) is 40.5 Å². The van der Waals surface area contributed by atoms with Gasteiger partial charge in [-0.3, -0.25) is 0 Å². The van der Waals surface area contributed by atoms with Crippen LogP contribution in [0.5, 0.6) is 0 Å². The zero-order valence-corrected chi connectivity index (χ0v) is 8.22. The predicted octanol–water partition coefficient (Wildman–Crippen LogP) is 1.49. The van der Waals surface area contributed by atoms with E-state index in [4.69, 9.17) is 11.5 Å². The third-order valence-corrected chi connectivity index (χ3v) is 2.05. The molecule has 0 fully saturated rings. The molecule has 2 heteroatoms. The van der Waals surface area contributed by atoms with Gasteiger partial charge < -0.3 is 11.5 Å². The Bertz CT molecular complexity index is 105. The van der Waals surface area contributed by atoms with E-state index in [-0.39, 0.29) is 5.54 Å². The Hall–Kier alpha value is -0.0800. The highest BCUT2D eigenvalue weighted by atomic mass is 14.7. The van der Waals surface area contributed by atoms with E-state index < -0.39 is 0 Å². The molecular formula is C9H22N2. The van der Waals surface area contributed by atoms with E-state index in [2.05, 4.69) is 13.8 Å². The maximum absolute atomic E-state index is 5.87. The Kier molecular flexibility index (Phi) is 4.04. The van der Waals surface area contributed by atoms with Gasteiger partial charge in [-0.1, -0.05) is 13.8 Å². The lowest BCUT2D eigenvalue weighted by molar-refractivity contribution is 0.330. The number of hydrogen-bond donors (Lipinski definition) is 2. The van der Waals surface area contributed by atoms with Crippen LogP contribution < -0.4 is 11.5 Å². The van der Waals surface area contributed by atoms with Crippen molar-refractivity contribution >= 4 is 0 Å². The Morgan fingerprint density at radius 1 is 1.36 bits per heavy atom. The first-order chi connectivity index (χ1) is 4.87. The molecule has 0 heterocycles. The van der Waals surface area contributed by atoms with Crippen molar-refractivity contribution in [3.05, 3.63) is 0 Å². The Morgan fingerprint density at radius 2 is 1.82 bits per heavy atom. The topological polar surface area (TPSA) is 52.0 Å². The fraction of sp³-hybridized carbons (Fsp3) is 1.00. The molecule has 0 aliphatic rings. The second-order valence-electron chi connectivity index (χ2n) is 4.24. The first-order valence-corrected chi connectivity index (χ1v) is 4.41. The van der Waals surface area contributed by atoms with E-state index >= 15 is 0 Å². The molecule has 0 aromatic rings. The summed E-state index contributed by atoms with van der Waals surface area (Å²) in [5.74, 6) is 0.528. The molecule has 68 valence electrons. The summed E-state index contributed by atoms with van der Waals surface area (Å²) in [6, 6.07) is 0.304. The number of nitrogens with two attached hydrogens (primary N) is 2. The molecule has 2 atom stereocenters. The number of rotatable bonds is 4. The fourth-order valence-electron chi connectivity index (χ4n) is 1.38. The van der Waals surface area contributed by atoms with Crippen LogP contribution >= 0.6 is 0 Å². The predicted molar refractivity (Wildman–Crippen MR) is 50.3 cm³/mol. The molecule has 0 aliphatic heterocycles. The first-order valence-electron chi connectivity index (χ1n) is 4.41. The van der Waals surface area contributed by atoms with Crippen molar-refractivity contribution in [2.45, 2.75) is 52.1 Å². The van der Waals surface area contributed by atoms with Crippen molar-refractivity contribution in [1.29, 1.82) is 0 Å². The molecule has 4 N–H and O–H groups in total. The minimum absolute atomic E-state index is 0.0772. The van der Waals surface area contributed by atoms with Crippen LogP contribution in [-0.4, -0.2) is 11.6 Å². The molecule has 0 aromatic carbocycles. The third kappa shape index (κ3) is 5.22. The lowest BCUT2D eigenvalue weighted by Gasteiger charge is -2.26. The molecule has 0 saturated heterocycles. The summed E-state index contributed by atoms with van der Waals surface area (Å²) in [6.07, 6.45) is 2.04. The van der Waals surface area contributed by atoms with E-state index in [9.17, 15) is 0 Å². The standard InChI is InChI=1S/C9H22N2/c1-5-8(10)7(2)6-9(3,4)11/h7-8H,5-6,10-11H2,1-4H3. The van der Waals surface area contributed by atoms with E-state index in [0.29, 0.717) is 12.0 Å². The van der Waals surface area contributed by atoms with Crippen LogP contribution in [-0.2, 0) is 0 Å². The fourth-order valence-corrected chi connectivity index (χ4v) is 1.38. The van der Waals surface area contributed by atoms with E-state index in [1.807, 2.05) is 13.8 Å². The van der Waals surface area contributed by atoms with Crippen molar-refractivity contribution in [3.8, 4) is 0 Å². The van der Waals surface area contributed by atoms with Gasteiger partial charge in [-0.05, 0) is 32.6 Å². The van der Waals surface area contributed by atoms with Crippen molar-refractivity contribution < 1.29 is 0 Å². The highest BCUT2D eigenvalue weighted by Crippen LogP contribution is 2.16. The summed E-state index contributed by atoms with van der Waals surface area (Å²) in [4.78, 5) is 0. The second-order valence-corrected chi connectivity index (χ2v) is 4.24. The maximum atomic E-state index is 5.87. The third-order valence-electron chi connectivity index (χ3n) is 2.05. The monoisotopic (exact) mass is 158 g/mol. The average molecular weight is 158 g/mol. The van der Waals surface area contributed by atoms with Gasteiger partial charge in [0.05, 0.1) is 0 Å². The first kappa shape index (κ1) is 10.9. The van der Waals surface area contributed by atoms with Gasteiger partial charge in [-0.2, -0.15) is 0 Å². The van der Waals surface area contributed by atoms with Crippen molar-refractivity contribution in [2.75, 3.05) is 0 Å². The smallest absolute Gasteiger partial charge is 0.0100 e. The lowest BCUT2D eigenvalue weighted by Crippen LogP contribution is -2.39. The molecule has 0 rings (SSSR count). The molecule has 0 saturated carbocycles. The molecule has 0 aromatic heterocycles. The number of hydrogen-bond acceptors (Lipinski definition) is 2. The minimum atomic E-state index is -0.0772. The Morgan fingerprint density at radius 3 is 2.09 bits per heavy atom. The van der Waals surface area contributed by atoms with Gasteiger partial charge in [0.1, 0.15) is 0 Å². The zero-order chi connectivity index (χ0) is 9.07. The van der Waals surface area contributed by atoms with Crippen LogP contribution in [0.4, 0.5) is 0 Å². The summed E-state index contributed by atoms with van der Waals surface area (Å²) >= 11 is 0. The molecule has 0 amide bonds. The molecule has 0 spiro atoms.